The van der Waals surface area contributed by atoms with Crippen LogP contribution >= 0.6 is 0 Å². The number of aryl methyl sites for hydroxylation is 1. The Kier molecular flexibility index (Phi) is 5.11. The topological polar surface area (TPSA) is 77.1 Å². The average molecular weight is 365 g/mol. The molecule has 27 heavy (non-hydrogen) atoms. The minimum Gasteiger partial charge on any atom is -0.449 e. The molecule has 0 saturated carbocycles. The van der Waals surface area contributed by atoms with Gasteiger partial charge in [0.05, 0.1) is 11.4 Å². The molecule has 3 aromatic heterocycles. The van der Waals surface area contributed by atoms with Crippen LogP contribution in [0.4, 0.5) is 0 Å². The Morgan fingerprint density at radius 2 is 1.93 bits per heavy atom. The smallest absolute Gasteiger partial charge is 0.266 e. The number of likely N-dealkylation sites (tertiary alicyclic amines) is 1. The zero-order chi connectivity index (χ0) is 18.6. The van der Waals surface area contributed by atoms with Gasteiger partial charge in [-0.2, -0.15) is 5.10 Å². The summed E-state index contributed by atoms with van der Waals surface area (Å²) in [5, 5.41) is 4.57. The molecule has 0 spiro atoms. The Hall–Kier alpha value is -2.80. The van der Waals surface area contributed by atoms with E-state index in [9.17, 15) is 4.79 Å². The predicted octanol–water partition coefficient (Wildman–Crippen LogP) is 2.51. The Morgan fingerprint density at radius 1 is 1.15 bits per heavy atom. The fraction of sp³-hybridized carbons (Fsp3) is 0.400. The first-order valence-electron chi connectivity index (χ1n) is 9.29. The molecule has 3 aromatic rings. The van der Waals surface area contributed by atoms with Crippen molar-refractivity contribution in [2.75, 3.05) is 13.1 Å². The summed E-state index contributed by atoms with van der Waals surface area (Å²) in [6.07, 6.45) is 7.29. The SMILES string of the molecule is Cc1nc(CN2CCC(Cn3nc(-c4ccncc4)ccc3=O)CC2)co1. The van der Waals surface area contributed by atoms with E-state index in [2.05, 4.69) is 20.0 Å². The number of pyridine rings is 1. The van der Waals surface area contributed by atoms with Gasteiger partial charge in [0.15, 0.2) is 5.89 Å². The summed E-state index contributed by atoms with van der Waals surface area (Å²) in [6, 6.07) is 7.18. The molecule has 0 amide bonds. The van der Waals surface area contributed by atoms with Crippen LogP contribution < -0.4 is 5.56 Å². The van der Waals surface area contributed by atoms with E-state index in [1.807, 2.05) is 19.1 Å². The molecule has 7 nitrogen and oxygen atoms in total. The van der Waals surface area contributed by atoms with Crippen LogP contribution in [0.3, 0.4) is 0 Å². The Labute approximate surface area is 157 Å². The third-order valence-corrected chi connectivity index (χ3v) is 5.03. The van der Waals surface area contributed by atoms with Gasteiger partial charge in [-0.1, -0.05) is 0 Å². The summed E-state index contributed by atoms with van der Waals surface area (Å²) in [7, 11) is 0. The van der Waals surface area contributed by atoms with Crippen molar-refractivity contribution in [2.45, 2.75) is 32.9 Å². The van der Waals surface area contributed by atoms with Crippen LogP contribution in [0.2, 0.25) is 0 Å². The lowest BCUT2D eigenvalue weighted by molar-refractivity contribution is 0.162. The van der Waals surface area contributed by atoms with Gasteiger partial charge in [0, 0.05) is 44.0 Å². The molecule has 1 aliphatic heterocycles. The molecule has 0 unspecified atom stereocenters. The lowest BCUT2D eigenvalue weighted by Gasteiger charge is -2.31. The van der Waals surface area contributed by atoms with Crippen LogP contribution in [-0.4, -0.2) is 37.7 Å². The summed E-state index contributed by atoms with van der Waals surface area (Å²) >= 11 is 0. The first-order chi connectivity index (χ1) is 13.2. The molecule has 0 N–H and O–H groups in total. The van der Waals surface area contributed by atoms with Gasteiger partial charge in [0.25, 0.3) is 5.56 Å². The average Bonchev–Trinajstić information content (AvgIpc) is 3.10. The molecule has 0 radical (unpaired) electrons. The molecule has 0 aromatic carbocycles. The molecular weight excluding hydrogens is 342 g/mol. The molecule has 140 valence electrons. The molecular formula is C20H23N5O2. The van der Waals surface area contributed by atoms with Crippen molar-refractivity contribution in [3.8, 4) is 11.3 Å². The summed E-state index contributed by atoms with van der Waals surface area (Å²) < 4.78 is 6.89. The lowest BCUT2D eigenvalue weighted by atomic mass is 9.97. The molecule has 0 bridgehead atoms. The Morgan fingerprint density at radius 3 is 2.63 bits per heavy atom. The van der Waals surface area contributed by atoms with Crippen molar-refractivity contribution in [3.05, 3.63) is 64.9 Å². The van der Waals surface area contributed by atoms with Crippen molar-refractivity contribution < 1.29 is 4.42 Å². The summed E-state index contributed by atoms with van der Waals surface area (Å²) in [5.41, 5.74) is 2.70. The standard InChI is InChI=1S/C20H23N5O2/c1-15-22-18(14-27-15)13-24-10-6-16(7-11-24)12-25-20(26)3-2-19(23-25)17-4-8-21-9-5-17/h2-5,8-9,14,16H,6-7,10-13H2,1H3. The molecule has 4 heterocycles. The van der Waals surface area contributed by atoms with Crippen LogP contribution in [0.25, 0.3) is 11.3 Å². The third kappa shape index (κ3) is 4.31. The second kappa shape index (κ2) is 7.84. The zero-order valence-corrected chi connectivity index (χ0v) is 15.4. The van der Waals surface area contributed by atoms with E-state index in [4.69, 9.17) is 4.42 Å². The fourth-order valence-electron chi connectivity index (χ4n) is 3.54. The largest absolute Gasteiger partial charge is 0.449 e. The van der Waals surface area contributed by atoms with E-state index in [1.54, 1.807) is 35.5 Å². The maximum absolute atomic E-state index is 12.2. The van der Waals surface area contributed by atoms with Gasteiger partial charge in [0.2, 0.25) is 0 Å². The molecule has 0 atom stereocenters. The highest BCUT2D eigenvalue weighted by Crippen LogP contribution is 2.20. The van der Waals surface area contributed by atoms with Crippen molar-refractivity contribution in [1.29, 1.82) is 0 Å². The second-order valence-corrected chi connectivity index (χ2v) is 7.05. The monoisotopic (exact) mass is 365 g/mol. The lowest BCUT2D eigenvalue weighted by Crippen LogP contribution is -2.36. The number of piperidine rings is 1. The Bertz CT molecular complexity index is 942. The Balaban J connectivity index is 1.38. The maximum atomic E-state index is 12.2. The van der Waals surface area contributed by atoms with Gasteiger partial charge in [-0.25, -0.2) is 9.67 Å². The zero-order valence-electron chi connectivity index (χ0n) is 15.4. The van der Waals surface area contributed by atoms with Gasteiger partial charge < -0.3 is 4.42 Å². The summed E-state index contributed by atoms with van der Waals surface area (Å²) in [6.45, 7) is 5.33. The van der Waals surface area contributed by atoms with Crippen LogP contribution in [0.1, 0.15) is 24.4 Å². The van der Waals surface area contributed by atoms with E-state index < -0.39 is 0 Å². The van der Waals surface area contributed by atoms with E-state index in [0.717, 1.165) is 49.4 Å². The molecule has 0 aliphatic carbocycles. The van der Waals surface area contributed by atoms with Crippen LogP contribution in [0, 0.1) is 12.8 Å². The van der Waals surface area contributed by atoms with Gasteiger partial charge in [0.1, 0.15) is 6.26 Å². The number of rotatable bonds is 5. The minimum atomic E-state index is -0.0479. The summed E-state index contributed by atoms with van der Waals surface area (Å²) in [4.78, 5) is 23.0. The van der Waals surface area contributed by atoms with Crippen LogP contribution in [0.5, 0.6) is 0 Å². The van der Waals surface area contributed by atoms with Crippen LogP contribution in [-0.2, 0) is 13.1 Å². The van der Waals surface area contributed by atoms with E-state index in [-0.39, 0.29) is 5.56 Å². The quantitative estimate of drug-likeness (QED) is 0.691. The normalized spacial score (nSPS) is 15.9. The van der Waals surface area contributed by atoms with Gasteiger partial charge in [-0.05, 0) is 50.0 Å². The van der Waals surface area contributed by atoms with Crippen molar-refractivity contribution in [1.82, 2.24) is 24.6 Å². The third-order valence-electron chi connectivity index (χ3n) is 5.03. The van der Waals surface area contributed by atoms with E-state index >= 15 is 0 Å². The van der Waals surface area contributed by atoms with Crippen molar-refractivity contribution in [2.24, 2.45) is 5.92 Å². The highest BCUT2D eigenvalue weighted by atomic mass is 16.3. The highest BCUT2D eigenvalue weighted by Gasteiger charge is 2.21. The van der Waals surface area contributed by atoms with Crippen molar-refractivity contribution in [3.63, 3.8) is 0 Å². The minimum absolute atomic E-state index is 0.0479. The van der Waals surface area contributed by atoms with E-state index in [1.165, 1.54) is 0 Å². The van der Waals surface area contributed by atoms with Gasteiger partial charge in [-0.3, -0.25) is 14.7 Å². The van der Waals surface area contributed by atoms with Gasteiger partial charge >= 0.3 is 0 Å². The predicted molar refractivity (Wildman–Crippen MR) is 101 cm³/mol. The number of aromatic nitrogens is 4. The number of oxazole rings is 1. The first kappa shape index (κ1) is 17.6. The number of hydrogen-bond acceptors (Lipinski definition) is 6. The maximum Gasteiger partial charge on any atom is 0.266 e. The highest BCUT2D eigenvalue weighted by molar-refractivity contribution is 5.56. The fourth-order valence-corrected chi connectivity index (χ4v) is 3.54. The number of nitrogens with zero attached hydrogens (tertiary/aromatic N) is 5. The second-order valence-electron chi connectivity index (χ2n) is 7.05. The van der Waals surface area contributed by atoms with Crippen molar-refractivity contribution >= 4 is 0 Å². The molecule has 7 heteroatoms. The van der Waals surface area contributed by atoms with Gasteiger partial charge in [-0.15, -0.1) is 0 Å². The summed E-state index contributed by atoms with van der Waals surface area (Å²) in [5.74, 6) is 1.16. The molecule has 1 aliphatic rings. The molecule has 1 fully saturated rings. The molecule has 1 saturated heterocycles. The van der Waals surface area contributed by atoms with E-state index in [0.29, 0.717) is 18.4 Å². The van der Waals surface area contributed by atoms with Crippen LogP contribution in [0.15, 0.2) is 52.1 Å². The number of hydrogen-bond donors (Lipinski definition) is 0. The first-order valence-corrected chi connectivity index (χ1v) is 9.29. The molecule has 4 rings (SSSR count).